The number of fused-ring (bicyclic) bond motifs is 2. The summed E-state index contributed by atoms with van der Waals surface area (Å²) in [6.07, 6.45) is 0. The SMILES string of the molecule is CC1(C)c2ccccc2C(=O)c2cc(-c3ccc(-c4nc(-c5ccccc5)nc(-c5ccccc5)n4)cc3)ccc21. The molecule has 1 aromatic heterocycles. The van der Waals surface area contributed by atoms with Crippen LogP contribution >= 0.6 is 0 Å². The van der Waals surface area contributed by atoms with Crippen LogP contribution in [0.25, 0.3) is 45.3 Å². The Balaban J connectivity index is 1.27. The minimum Gasteiger partial charge on any atom is -0.289 e. The van der Waals surface area contributed by atoms with Gasteiger partial charge in [-0.2, -0.15) is 0 Å². The molecular formula is C37H27N3O. The summed E-state index contributed by atoms with van der Waals surface area (Å²) in [4.78, 5) is 28.0. The molecule has 0 saturated heterocycles. The fourth-order valence-electron chi connectivity index (χ4n) is 5.72. The summed E-state index contributed by atoms with van der Waals surface area (Å²) in [6, 6.07) is 42.3. The van der Waals surface area contributed by atoms with Gasteiger partial charge in [-0.3, -0.25) is 4.79 Å². The highest BCUT2D eigenvalue weighted by molar-refractivity contribution is 6.13. The molecule has 0 fully saturated rings. The Morgan fingerprint density at radius 1 is 0.439 bits per heavy atom. The molecule has 1 aliphatic rings. The number of nitrogens with zero attached hydrogens (tertiary/aromatic N) is 3. The molecule has 0 atom stereocenters. The summed E-state index contributed by atoms with van der Waals surface area (Å²) in [5.74, 6) is 1.97. The zero-order valence-electron chi connectivity index (χ0n) is 22.9. The number of hydrogen-bond donors (Lipinski definition) is 0. The van der Waals surface area contributed by atoms with Gasteiger partial charge in [0.2, 0.25) is 0 Å². The molecule has 0 N–H and O–H groups in total. The van der Waals surface area contributed by atoms with E-state index in [1.807, 2.05) is 97.1 Å². The summed E-state index contributed by atoms with van der Waals surface area (Å²) < 4.78 is 0. The summed E-state index contributed by atoms with van der Waals surface area (Å²) >= 11 is 0. The van der Waals surface area contributed by atoms with Crippen LogP contribution in [0.5, 0.6) is 0 Å². The molecule has 0 saturated carbocycles. The Hall–Kier alpha value is -5.22. The molecule has 4 heteroatoms. The maximum absolute atomic E-state index is 13.5. The number of carbonyl (C=O) groups is 1. The van der Waals surface area contributed by atoms with Crippen LogP contribution in [0.4, 0.5) is 0 Å². The van der Waals surface area contributed by atoms with Crippen LogP contribution in [0.3, 0.4) is 0 Å². The molecular weight excluding hydrogens is 502 g/mol. The van der Waals surface area contributed by atoms with Gasteiger partial charge in [-0.05, 0) is 28.3 Å². The topological polar surface area (TPSA) is 55.7 Å². The van der Waals surface area contributed by atoms with E-state index in [1.54, 1.807) is 0 Å². The molecule has 196 valence electrons. The first kappa shape index (κ1) is 24.8. The molecule has 0 aliphatic heterocycles. The van der Waals surface area contributed by atoms with Crippen LogP contribution in [-0.2, 0) is 5.41 Å². The number of aromatic nitrogens is 3. The third-order valence-electron chi connectivity index (χ3n) is 7.96. The number of carbonyl (C=O) groups excluding carboxylic acids is 1. The molecule has 0 bridgehead atoms. The van der Waals surface area contributed by atoms with E-state index >= 15 is 0 Å². The van der Waals surface area contributed by atoms with Gasteiger partial charge in [-0.25, -0.2) is 15.0 Å². The normalized spacial score (nSPS) is 13.4. The first-order valence-corrected chi connectivity index (χ1v) is 13.8. The predicted octanol–water partition coefficient (Wildman–Crippen LogP) is 8.41. The van der Waals surface area contributed by atoms with Gasteiger partial charge in [0.05, 0.1) is 0 Å². The van der Waals surface area contributed by atoms with Gasteiger partial charge in [0, 0.05) is 33.2 Å². The van der Waals surface area contributed by atoms with Crippen LogP contribution < -0.4 is 0 Å². The fraction of sp³-hybridized carbons (Fsp3) is 0.0811. The van der Waals surface area contributed by atoms with Crippen LogP contribution in [0.2, 0.25) is 0 Å². The summed E-state index contributed by atoms with van der Waals surface area (Å²) in [7, 11) is 0. The van der Waals surface area contributed by atoms with Gasteiger partial charge in [0.1, 0.15) is 0 Å². The molecule has 0 spiro atoms. The lowest BCUT2D eigenvalue weighted by atomic mass is 9.68. The van der Waals surface area contributed by atoms with Crippen molar-refractivity contribution in [1.29, 1.82) is 0 Å². The van der Waals surface area contributed by atoms with E-state index in [0.29, 0.717) is 17.5 Å². The summed E-state index contributed by atoms with van der Waals surface area (Å²) in [5, 5.41) is 0. The minimum absolute atomic E-state index is 0.0838. The maximum atomic E-state index is 13.5. The number of benzene rings is 5. The molecule has 41 heavy (non-hydrogen) atoms. The van der Waals surface area contributed by atoms with E-state index in [1.165, 1.54) is 0 Å². The van der Waals surface area contributed by atoms with E-state index in [4.69, 9.17) is 15.0 Å². The van der Waals surface area contributed by atoms with Gasteiger partial charge in [0.25, 0.3) is 0 Å². The standard InChI is InChI=1S/C37H27N3O/c1-37(2)31-16-10-9-15-29(31)33(41)30-23-28(21-22-32(30)37)24-17-19-27(20-18-24)36-39-34(25-11-5-3-6-12-25)38-35(40-36)26-13-7-4-8-14-26/h3-23H,1-2H3. The summed E-state index contributed by atoms with van der Waals surface area (Å²) in [5.41, 5.74) is 8.27. The van der Waals surface area contributed by atoms with Crippen LogP contribution in [0.1, 0.15) is 40.9 Å². The second-order valence-electron chi connectivity index (χ2n) is 10.9. The van der Waals surface area contributed by atoms with Crippen LogP contribution in [0, 0.1) is 0 Å². The van der Waals surface area contributed by atoms with E-state index in [2.05, 4.69) is 44.2 Å². The van der Waals surface area contributed by atoms with Crippen LogP contribution in [-0.4, -0.2) is 20.7 Å². The van der Waals surface area contributed by atoms with Crippen molar-refractivity contribution in [2.45, 2.75) is 19.3 Å². The van der Waals surface area contributed by atoms with E-state index in [9.17, 15) is 4.79 Å². The highest BCUT2D eigenvalue weighted by atomic mass is 16.1. The van der Waals surface area contributed by atoms with Crippen molar-refractivity contribution >= 4 is 5.78 Å². The highest BCUT2D eigenvalue weighted by Gasteiger charge is 2.36. The smallest absolute Gasteiger partial charge is 0.193 e. The third kappa shape index (κ3) is 4.34. The maximum Gasteiger partial charge on any atom is 0.193 e. The largest absolute Gasteiger partial charge is 0.289 e. The average molecular weight is 530 g/mol. The minimum atomic E-state index is -0.242. The zero-order valence-corrected chi connectivity index (χ0v) is 22.9. The lowest BCUT2D eigenvalue weighted by Crippen LogP contribution is -2.30. The predicted molar refractivity (Wildman–Crippen MR) is 164 cm³/mol. The second kappa shape index (κ2) is 9.76. The van der Waals surface area contributed by atoms with Crippen molar-refractivity contribution in [3.05, 3.63) is 150 Å². The van der Waals surface area contributed by atoms with Crippen molar-refractivity contribution in [2.75, 3.05) is 0 Å². The Morgan fingerprint density at radius 3 is 1.46 bits per heavy atom. The summed E-state index contributed by atoms with van der Waals surface area (Å²) in [6.45, 7) is 4.38. The molecule has 0 amide bonds. The van der Waals surface area contributed by atoms with Crippen LogP contribution in [0.15, 0.2) is 127 Å². The second-order valence-corrected chi connectivity index (χ2v) is 10.9. The number of hydrogen-bond acceptors (Lipinski definition) is 4. The van der Waals surface area contributed by atoms with E-state index in [-0.39, 0.29) is 11.2 Å². The Kier molecular flexibility index (Phi) is 5.90. The van der Waals surface area contributed by atoms with Crippen molar-refractivity contribution in [3.8, 4) is 45.3 Å². The Morgan fingerprint density at radius 2 is 0.878 bits per heavy atom. The van der Waals surface area contributed by atoms with E-state index < -0.39 is 0 Å². The molecule has 7 rings (SSSR count). The van der Waals surface area contributed by atoms with Gasteiger partial charge < -0.3 is 0 Å². The van der Waals surface area contributed by atoms with Gasteiger partial charge in [-0.15, -0.1) is 0 Å². The first-order chi connectivity index (χ1) is 20.0. The molecule has 5 aromatic carbocycles. The van der Waals surface area contributed by atoms with Gasteiger partial charge in [0.15, 0.2) is 23.3 Å². The molecule has 0 radical (unpaired) electrons. The lowest BCUT2D eigenvalue weighted by molar-refractivity contribution is 0.103. The first-order valence-electron chi connectivity index (χ1n) is 13.8. The lowest BCUT2D eigenvalue weighted by Gasteiger charge is -2.34. The van der Waals surface area contributed by atoms with Crippen molar-refractivity contribution in [2.24, 2.45) is 0 Å². The van der Waals surface area contributed by atoms with Crippen molar-refractivity contribution in [3.63, 3.8) is 0 Å². The average Bonchev–Trinajstić information content (AvgIpc) is 3.04. The highest BCUT2D eigenvalue weighted by Crippen LogP contribution is 2.42. The third-order valence-corrected chi connectivity index (χ3v) is 7.96. The van der Waals surface area contributed by atoms with Gasteiger partial charge >= 0.3 is 0 Å². The number of ketones is 1. The molecule has 1 aliphatic carbocycles. The van der Waals surface area contributed by atoms with Crippen molar-refractivity contribution in [1.82, 2.24) is 15.0 Å². The quantitative estimate of drug-likeness (QED) is 0.230. The van der Waals surface area contributed by atoms with Gasteiger partial charge in [-0.1, -0.05) is 135 Å². The fourth-order valence-corrected chi connectivity index (χ4v) is 5.72. The molecule has 6 aromatic rings. The molecule has 1 heterocycles. The van der Waals surface area contributed by atoms with Crippen molar-refractivity contribution < 1.29 is 4.79 Å². The number of rotatable bonds is 4. The van der Waals surface area contributed by atoms with E-state index in [0.717, 1.165) is 50.1 Å². The monoisotopic (exact) mass is 529 g/mol. The Bertz CT molecular complexity index is 1850. The zero-order chi connectivity index (χ0) is 28.0. The Labute approximate surface area is 239 Å². The molecule has 0 unspecified atom stereocenters. The molecule has 4 nitrogen and oxygen atoms in total.